The van der Waals surface area contributed by atoms with Gasteiger partial charge in [0, 0.05) is 10.2 Å². The van der Waals surface area contributed by atoms with Gasteiger partial charge in [-0.05, 0) is 35.9 Å². The lowest BCUT2D eigenvalue weighted by molar-refractivity contribution is 0.326. The molecule has 1 aromatic heterocycles. The van der Waals surface area contributed by atoms with E-state index in [2.05, 4.69) is 15.9 Å². The van der Waals surface area contributed by atoms with Gasteiger partial charge in [-0.25, -0.2) is 4.98 Å². The zero-order valence-electron chi connectivity index (χ0n) is 17.8. The maximum atomic E-state index is 13.7. The summed E-state index contributed by atoms with van der Waals surface area (Å²) in [4.78, 5) is 18.5. The van der Waals surface area contributed by atoms with Crippen LogP contribution in [-0.4, -0.2) is 30.9 Å². The third-order valence-corrected chi connectivity index (χ3v) is 6.47. The Labute approximate surface area is 198 Å². The Bertz CT molecular complexity index is 1310. The molecule has 4 rings (SSSR count). The molecule has 0 bridgehead atoms. The maximum Gasteiger partial charge on any atom is 0.266 e. The average Bonchev–Trinajstić information content (AvgIpc) is 2.83. The van der Waals surface area contributed by atoms with Gasteiger partial charge in [-0.3, -0.25) is 9.36 Å². The molecule has 0 atom stereocenters. The van der Waals surface area contributed by atoms with Crippen molar-refractivity contribution in [2.24, 2.45) is 0 Å². The first-order valence-corrected chi connectivity index (χ1v) is 11.5. The number of ether oxygens (including phenoxy) is 3. The summed E-state index contributed by atoms with van der Waals surface area (Å²) >= 11 is 4.94. The molecule has 0 saturated carbocycles. The second-order valence-corrected chi connectivity index (χ2v) is 8.69. The van der Waals surface area contributed by atoms with E-state index in [1.807, 2.05) is 54.6 Å². The topological polar surface area (TPSA) is 62.6 Å². The first-order chi connectivity index (χ1) is 15.6. The zero-order valence-corrected chi connectivity index (χ0v) is 20.2. The Balaban J connectivity index is 1.95. The van der Waals surface area contributed by atoms with Crippen LogP contribution in [0.4, 0.5) is 0 Å². The summed E-state index contributed by atoms with van der Waals surface area (Å²) in [7, 11) is 4.57. The molecule has 0 saturated heterocycles. The molecule has 0 aliphatic carbocycles. The Morgan fingerprint density at radius 2 is 1.62 bits per heavy atom. The van der Waals surface area contributed by atoms with Gasteiger partial charge in [0.2, 0.25) is 5.75 Å². The minimum atomic E-state index is -0.209. The molecule has 0 aliphatic heterocycles. The molecule has 1 heterocycles. The molecule has 0 amide bonds. The first kappa shape index (κ1) is 22.2. The van der Waals surface area contributed by atoms with Crippen LogP contribution in [0.3, 0.4) is 0 Å². The second kappa shape index (κ2) is 9.67. The third kappa shape index (κ3) is 4.20. The number of benzene rings is 3. The molecular weight excluding hydrogens is 492 g/mol. The van der Waals surface area contributed by atoms with E-state index in [1.54, 1.807) is 10.6 Å². The first-order valence-electron chi connectivity index (χ1n) is 9.75. The number of hydrogen-bond acceptors (Lipinski definition) is 6. The fourth-order valence-electron chi connectivity index (χ4n) is 3.40. The Kier molecular flexibility index (Phi) is 6.72. The molecule has 0 aliphatic rings. The molecular formula is C24H21BrN2O4S. The highest BCUT2D eigenvalue weighted by atomic mass is 79.9. The van der Waals surface area contributed by atoms with Crippen molar-refractivity contribution >= 4 is 38.6 Å². The summed E-state index contributed by atoms with van der Waals surface area (Å²) in [5, 5.41) is 0.943. The van der Waals surface area contributed by atoms with E-state index < -0.39 is 0 Å². The van der Waals surface area contributed by atoms with Gasteiger partial charge in [0.15, 0.2) is 16.7 Å². The number of hydrogen-bond donors (Lipinski definition) is 0. The van der Waals surface area contributed by atoms with Crippen molar-refractivity contribution in [3.8, 4) is 22.9 Å². The number of rotatable bonds is 7. The average molecular weight is 513 g/mol. The monoisotopic (exact) mass is 512 g/mol. The fourth-order valence-corrected chi connectivity index (χ4v) is 4.62. The van der Waals surface area contributed by atoms with Gasteiger partial charge in [0.05, 0.1) is 32.4 Å². The summed E-state index contributed by atoms with van der Waals surface area (Å²) in [5.74, 6) is 1.82. The summed E-state index contributed by atoms with van der Waals surface area (Å²) in [6.45, 7) is 0. The molecule has 0 N–H and O–H groups in total. The fraction of sp³-hybridized carbons (Fsp3) is 0.167. The van der Waals surface area contributed by atoms with Gasteiger partial charge in [0.1, 0.15) is 5.52 Å². The number of para-hydroxylation sites is 1. The number of nitrogens with zero attached hydrogens (tertiary/aromatic N) is 2. The van der Waals surface area contributed by atoms with E-state index in [-0.39, 0.29) is 5.56 Å². The second-order valence-electron chi connectivity index (χ2n) is 6.83. The Hall–Kier alpha value is -2.97. The minimum Gasteiger partial charge on any atom is -0.493 e. The standard InChI is InChI=1S/C24H21BrN2O4S/c1-29-19-13-18-20(22(31-3)21(19)30-2)26-24(32-14-15-9-11-16(25)12-10-15)27(23(18)28)17-7-5-4-6-8-17/h4-13H,14H2,1-3H3. The number of halogens is 1. The van der Waals surface area contributed by atoms with Gasteiger partial charge >= 0.3 is 0 Å². The summed E-state index contributed by atoms with van der Waals surface area (Å²) in [6.07, 6.45) is 0. The molecule has 0 radical (unpaired) electrons. The normalized spacial score (nSPS) is 10.9. The van der Waals surface area contributed by atoms with Gasteiger partial charge in [-0.2, -0.15) is 0 Å². The van der Waals surface area contributed by atoms with Crippen LogP contribution >= 0.6 is 27.7 Å². The van der Waals surface area contributed by atoms with Crippen LogP contribution in [0, 0.1) is 0 Å². The van der Waals surface area contributed by atoms with Crippen LogP contribution in [0.5, 0.6) is 17.2 Å². The molecule has 3 aromatic carbocycles. The van der Waals surface area contributed by atoms with Gasteiger partial charge in [0.25, 0.3) is 5.56 Å². The number of thioether (sulfide) groups is 1. The van der Waals surface area contributed by atoms with E-state index >= 15 is 0 Å². The van der Waals surface area contributed by atoms with Crippen molar-refractivity contribution in [1.82, 2.24) is 9.55 Å². The molecule has 4 aromatic rings. The van der Waals surface area contributed by atoms with E-state index in [0.717, 1.165) is 15.7 Å². The minimum absolute atomic E-state index is 0.209. The van der Waals surface area contributed by atoms with E-state index in [0.29, 0.717) is 39.1 Å². The summed E-state index contributed by atoms with van der Waals surface area (Å²) in [6, 6.07) is 19.2. The highest BCUT2D eigenvalue weighted by Crippen LogP contribution is 2.42. The molecule has 0 spiro atoms. The lowest BCUT2D eigenvalue weighted by Gasteiger charge is -2.17. The van der Waals surface area contributed by atoms with Crippen molar-refractivity contribution in [3.05, 3.63) is 81.1 Å². The van der Waals surface area contributed by atoms with E-state index in [9.17, 15) is 4.79 Å². The smallest absolute Gasteiger partial charge is 0.266 e. The Morgan fingerprint density at radius 1 is 0.938 bits per heavy atom. The molecule has 6 nitrogen and oxygen atoms in total. The van der Waals surface area contributed by atoms with Crippen LogP contribution in [0.15, 0.2) is 75.1 Å². The highest BCUT2D eigenvalue weighted by molar-refractivity contribution is 9.10. The molecule has 0 unspecified atom stereocenters. The predicted molar refractivity (Wildman–Crippen MR) is 131 cm³/mol. The molecule has 164 valence electrons. The molecule has 8 heteroatoms. The quantitative estimate of drug-likeness (QED) is 0.242. The maximum absolute atomic E-state index is 13.7. The van der Waals surface area contributed by atoms with Crippen molar-refractivity contribution in [2.45, 2.75) is 10.9 Å². The third-order valence-electron chi connectivity index (χ3n) is 4.93. The van der Waals surface area contributed by atoms with Crippen LogP contribution < -0.4 is 19.8 Å². The number of methoxy groups -OCH3 is 3. The SMILES string of the molecule is COc1cc2c(=O)n(-c3ccccc3)c(SCc3ccc(Br)cc3)nc2c(OC)c1OC. The zero-order chi connectivity index (χ0) is 22.7. The van der Waals surface area contributed by atoms with Gasteiger partial charge in [-0.1, -0.05) is 58.0 Å². The van der Waals surface area contributed by atoms with Crippen molar-refractivity contribution < 1.29 is 14.2 Å². The lowest BCUT2D eigenvalue weighted by Crippen LogP contribution is -2.22. The van der Waals surface area contributed by atoms with Crippen molar-refractivity contribution in [2.75, 3.05) is 21.3 Å². The van der Waals surface area contributed by atoms with Gasteiger partial charge < -0.3 is 14.2 Å². The van der Waals surface area contributed by atoms with Crippen molar-refractivity contribution in [1.29, 1.82) is 0 Å². The molecule has 0 fully saturated rings. The summed E-state index contributed by atoms with van der Waals surface area (Å²) < 4.78 is 19.2. The predicted octanol–water partition coefficient (Wildman–Crippen LogP) is 5.47. The lowest BCUT2D eigenvalue weighted by atomic mass is 10.2. The number of fused-ring (bicyclic) bond motifs is 1. The van der Waals surface area contributed by atoms with Gasteiger partial charge in [-0.15, -0.1) is 0 Å². The molecule has 32 heavy (non-hydrogen) atoms. The Morgan fingerprint density at radius 3 is 2.25 bits per heavy atom. The van der Waals surface area contributed by atoms with Crippen molar-refractivity contribution in [3.63, 3.8) is 0 Å². The van der Waals surface area contributed by atoms with E-state index in [4.69, 9.17) is 19.2 Å². The highest BCUT2D eigenvalue weighted by Gasteiger charge is 2.22. The van der Waals surface area contributed by atoms with E-state index in [1.165, 1.54) is 33.1 Å². The van der Waals surface area contributed by atoms with Crippen LogP contribution in [0.25, 0.3) is 16.6 Å². The van der Waals surface area contributed by atoms with Crippen LogP contribution in [-0.2, 0) is 5.75 Å². The summed E-state index contributed by atoms with van der Waals surface area (Å²) in [5.41, 5.74) is 2.07. The number of aromatic nitrogens is 2. The van der Waals surface area contributed by atoms with Crippen LogP contribution in [0.2, 0.25) is 0 Å². The van der Waals surface area contributed by atoms with Crippen LogP contribution in [0.1, 0.15) is 5.56 Å². The largest absolute Gasteiger partial charge is 0.493 e.